The van der Waals surface area contributed by atoms with Gasteiger partial charge in [-0.05, 0) is 52.3 Å². The standard InChI is InChI=1S/C13H18BClO3/c1-8-10(16)7-6-9(15)11(8)14-17-12(2,3)13(4,5)18-14/h6-7,16H,1-5H3. The summed E-state index contributed by atoms with van der Waals surface area (Å²) in [6.45, 7) is 9.75. The van der Waals surface area contributed by atoms with Crippen LogP contribution in [0, 0.1) is 6.92 Å². The predicted molar refractivity (Wildman–Crippen MR) is 73.6 cm³/mol. The van der Waals surface area contributed by atoms with Crippen molar-refractivity contribution < 1.29 is 14.4 Å². The Bertz CT molecular complexity index is 469. The van der Waals surface area contributed by atoms with Crippen molar-refractivity contribution in [3.63, 3.8) is 0 Å². The molecule has 0 aliphatic carbocycles. The van der Waals surface area contributed by atoms with Crippen LogP contribution in [0.5, 0.6) is 5.75 Å². The minimum absolute atomic E-state index is 0.198. The van der Waals surface area contributed by atoms with E-state index in [-0.39, 0.29) is 5.75 Å². The second-order valence-corrected chi connectivity index (χ2v) is 6.10. The second-order valence-electron chi connectivity index (χ2n) is 5.69. The van der Waals surface area contributed by atoms with Gasteiger partial charge >= 0.3 is 7.12 Å². The maximum absolute atomic E-state index is 9.78. The first-order valence-corrected chi connectivity index (χ1v) is 6.37. The predicted octanol–water partition coefficient (Wildman–Crippen LogP) is 2.65. The van der Waals surface area contributed by atoms with E-state index in [0.29, 0.717) is 16.0 Å². The molecule has 0 saturated carbocycles. The van der Waals surface area contributed by atoms with Crippen LogP contribution >= 0.6 is 11.6 Å². The van der Waals surface area contributed by atoms with E-state index in [0.717, 1.165) is 0 Å². The van der Waals surface area contributed by atoms with Crippen molar-refractivity contribution in [3.8, 4) is 5.75 Å². The minimum atomic E-state index is -0.547. The molecule has 1 fully saturated rings. The first-order valence-electron chi connectivity index (χ1n) is 5.99. The summed E-state index contributed by atoms with van der Waals surface area (Å²) in [6, 6.07) is 3.23. The van der Waals surface area contributed by atoms with Crippen LogP contribution in [0.15, 0.2) is 12.1 Å². The molecule has 5 heteroatoms. The second kappa shape index (κ2) is 4.15. The Kier molecular flexibility index (Phi) is 3.17. The monoisotopic (exact) mass is 268 g/mol. The van der Waals surface area contributed by atoms with Crippen LogP contribution in [0.25, 0.3) is 0 Å². The highest BCUT2D eigenvalue weighted by atomic mass is 35.5. The molecule has 0 bridgehead atoms. The average molecular weight is 269 g/mol. The fraction of sp³-hybridized carbons (Fsp3) is 0.538. The Morgan fingerprint density at radius 3 is 2.11 bits per heavy atom. The molecule has 2 rings (SSSR count). The summed E-state index contributed by atoms with van der Waals surface area (Å²) in [5.41, 5.74) is 0.564. The largest absolute Gasteiger partial charge is 0.508 e. The smallest absolute Gasteiger partial charge is 0.496 e. The molecule has 0 radical (unpaired) electrons. The fourth-order valence-corrected chi connectivity index (χ4v) is 2.23. The van der Waals surface area contributed by atoms with Gasteiger partial charge in [-0.25, -0.2) is 0 Å². The van der Waals surface area contributed by atoms with E-state index in [9.17, 15) is 5.11 Å². The number of halogens is 1. The molecule has 0 unspecified atom stereocenters. The molecule has 1 heterocycles. The number of benzene rings is 1. The SMILES string of the molecule is Cc1c(O)ccc(Cl)c1B1OC(C)(C)C(C)(C)O1. The van der Waals surface area contributed by atoms with Crippen LogP contribution in [0.3, 0.4) is 0 Å². The van der Waals surface area contributed by atoms with E-state index in [2.05, 4.69) is 0 Å². The van der Waals surface area contributed by atoms with Crippen molar-refractivity contribution in [1.29, 1.82) is 0 Å². The summed E-state index contributed by atoms with van der Waals surface area (Å²) in [5.74, 6) is 0.198. The topological polar surface area (TPSA) is 38.7 Å². The highest BCUT2D eigenvalue weighted by Crippen LogP contribution is 2.37. The van der Waals surface area contributed by atoms with Crippen molar-refractivity contribution in [1.82, 2.24) is 0 Å². The number of rotatable bonds is 1. The normalized spacial score (nSPS) is 21.3. The van der Waals surface area contributed by atoms with Crippen molar-refractivity contribution in [2.24, 2.45) is 0 Å². The molecule has 1 N–H and O–H groups in total. The maximum Gasteiger partial charge on any atom is 0.496 e. The third-order valence-corrected chi connectivity index (χ3v) is 4.25. The number of phenolic OH excluding ortho intramolecular Hbond substituents is 1. The van der Waals surface area contributed by atoms with Gasteiger partial charge in [-0.3, -0.25) is 0 Å². The third kappa shape index (κ3) is 2.02. The summed E-state index contributed by atoms with van der Waals surface area (Å²) in [6.07, 6.45) is 0. The van der Waals surface area contributed by atoms with Crippen molar-refractivity contribution in [3.05, 3.63) is 22.7 Å². The van der Waals surface area contributed by atoms with Gasteiger partial charge in [0.05, 0.1) is 11.2 Å². The van der Waals surface area contributed by atoms with Crippen LogP contribution < -0.4 is 5.46 Å². The van der Waals surface area contributed by atoms with Gasteiger partial charge < -0.3 is 14.4 Å². The molecule has 1 saturated heterocycles. The van der Waals surface area contributed by atoms with Gasteiger partial charge in [0.25, 0.3) is 0 Å². The number of hydrogen-bond donors (Lipinski definition) is 1. The van der Waals surface area contributed by atoms with Gasteiger partial charge in [-0.2, -0.15) is 0 Å². The van der Waals surface area contributed by atoms with E-state index in [1.807, 2.05) is 34.6 Å². The Morgan fingerprint density at radius 2 is 1.61 bits per heavy atom. The van der Waals surface area contributed by atoms with E-state index in [1.54, 1.807) is 12.1 Å². The lowest BCUT2D eigenvalue weighted by molar-refractivity contribution is 0.00578. The lowest BCUT2D eigenvalue weighted by atomic mass is 9.76. The average Bonchev–Trinajstić information content (AvgIpc) is 2.43. The molecular weight excluding hydrogens is 250 g/mol. The first kappa shape index (κ1) is 13.7. The maximum atomic E-state index is 9.78. The molecule has 1 aliphatic rings. The molecule has 0 amide bonds. The quantitative estimate of drug-likeness (QED) is 0.796. The summed E-state index contributed by atoms with van der Waals surface area (Å²) in [5, 5.41) is 10.3. The van der Waals surface area contributed by atoms with Crippen LogP contribution in [-0.4, -0.2) is 23.4 Å². The van der Waals surface area contributed by atoms with Crippen LogP contribution in [-0.2, 0) is 9.31 Å². The first-order chi connectivity index (χ1) is 8.16. The van der Waals surface area contributed by atoms with Gasteiger partial charge in [-0.15, -0.1) is 0 Å². The lowest BCUT2D eigenvalue weighted by Crippen LogP contribution is -2.41. The van der Waals surface area contributed by atoms with Crippen molar-refractivity contribution >= 4 is 24.2 Å². The van der Waals surface area contributed by atoms with E-state index in [1.165, 1.54) is 0 Å². The Hall–Kier alpha value is -0.705. The lowest BCUT2D eigenvalue weighted by Gasteiger charge is -2.32. The number of phenols is 1. The van der Waals surface area contributed by atoms with Gasteiger partial charge in [-0.1, -0.05) is 11.6 Å². The Labute approximate surface area is 113 Å². The Balaban J connectivity index is 2.44. The fourth-order valence-electron chi connectivity index (χ4n) is 1.93. The molecule has 1 aromatic rings. The molecule has 98 valence electrons. The van der Waals surface area contributed by atoms with E-state index in [4.69, 9.17) is 20.9 Å². The molecule has 1 aliphatic heterocycles. The summed E-state index contributed by atoms with van der Waals surface area (Å²) >= 11 is 6.20. The summed E-state index contributed by atoms with van der Waals surface area (Å²) < 4.78 is 11.9. The van der Waals surface area contributed by atoms with E-state index >= 15 is 0 Å². The van der Waals surface area contributed by atoms with Gasteiger partial charge in [0.2, 0.25) is 0 Å². The summed E-state index contributed by atoms with van der Waals surface area (Å²) in [7, 11) is -0.547. The van der Waals surface area contributed by atoms with Crippen LogP contribution in [0.4, 0.5) is 0 Å². The van der Waals surface area contributed by atoms with Gasteiger partial charge in [0.15, 0.2) is 0 Å². The molecule has 0 aromatic heterocycles. The minimum Gasteiger partial charge on any atom is -0.508 e. The molecule has 0 spiro atoms. The van der Waals surface area contributed by atoms with Crippen molar-refractivity contribution in [2.75, 3.05) is 0 Å². The zero-order chi connectivity index (χ0) is 13.7. The molecule has 18 heavy (non-hydrogen) atoms. The molecule has 3 nitrogen and oxygen atoms in total. The molecule has 1 aromatic carbocycles. The molecule has 0 atom stereocenters. The van der Waals surface area contributed by atoms with E-state index < -0.39 is 18.3 Å². The highest BCUT2D eigenvalue weighted by molar-refractivity contribution is 6.66. The van der Waals surface area contributed by atoms with Crippen molar-refractivity contribution in [2.45, 2.75) is 45.8 Å². The highest BCUT2D eigenvalue weighted by Gasteiger charge is 2.52. The third-order valence-electron chi connectivity index (χ3n) is 3.92. The van der Waals surface area contributed by atoms with Crippen LogP contribution in [0.2, 0.25) is 5.02 Å². The molecular formula is C13H18BClO3. The van der Waals surface area contributed by atoms with Gasteiger partial charge in [0, 0.05) is 10.5 Å². The zero-order valence-corrected chi connectivity index (χ0v) is 12.1. The number of hydrogen-bond acceptors (Lipinski definition) is 3. The van der Waals surface area contributed by atoms with Crippen LogP contribution in [0.1, 0.15) is 33.3 Å². The van der Waals surface area contributed by atoms with Gasteiger partial charge in [0.1, 0.15) is 5.75 Å². The summed E-state index contributed by atoms with van der Waals surface area (Å²) in [4.78, 5) is 0. The zero-order valence-electron chi connectivity index (χ0n) is 11.4. The Morgan fingerprint density at radius 1 is 1.11 bits per heavy atom. The number of aromatic hydroxyl groups is 1.